The second-order valence-corrected chi connectivity index (χ2v) is 5.39. The molecule has 21 heavy (non-hydrogen) atoms. The number of carbonyl (C=O) groups excluding carboxylic acids is 1. The first-order valence-electron chi connectivity index (χ1n) is 7.00. The molecule has 2 rings (SSSR count). The number of benzene rings is 1. The van der Waals surface area contributed by atoms with Gasteiger partial charge in [0.15, 0.2) is 5.82 Å². The fourth-order valence-electron chi connectivity index (χ4n) is 2.42. The molecule has 0 heterocycles. The zero-order chi connectivity index (χ0) is 15.6. The smallest absolute Gasteiger partial charge is 0.260 e. The number of ether oxygens (including phenoxy) is 1. The number of nitrogens with zero attached hydrogens (tertiary/aromatic N) is 1. The number of methoxy groups -OCH3 is 1. The molecule has 0 radical (unpaired) electrons. The number of hydrogen-bond acceptors (Lipinski definition) is 3. The maximum absolute atomic E-state index is 14.0. The highest BCUT2D eigenvalue weighted by Gasteiger charge is 2.36. The van der Waals surface area contributed by atoms with Crippen LogP contribution in [0.5, 0.6) is 0 Å². The summed E-state index contributed by atoms with van der Waals surface area (Å²) in [5, 5.41) is 0. The van der Waals surface area contributed by atoms with Crippen molar-refractivity contribution in [2.45, 2.75) is 25.8 Å². The molecule has 0 aromatic heterocycles. The highest BCUT2D eigenvalue weighted by atomic mass is 19.1. The predicted molar refractivity (Wildman–Crippen MR) is 75.9 cm³/mol. The molecule has 1 fully saturated rings. The number of nitrogens with two attached hydrogens (primary N) is 1. The van der Waals surface area contributed by atoms with Crippen LogP contribution in [0.2, 0.25) is 0 Å². The first-order chi connectivity index (χ1) is 9.97. The van der Waals surface area contributed by atoms with Crippen molar-refractivity contribution in [2.75, 3.05) is 26.0 Å². The molecular weight excluding hydrogens is 278 g/mol. The average molecular weight is 298 g/mol. The Kier molecular flexibility index (Phi) is 4.77. The molecule has 1 aromatic carbocycles. The van der Waals surface area contributed by atoms with Crippen LogP contribution in [0.4, 0.5) is 14.5 Å². The minimum atomic E-state index is -0.995. The number of anilines is 1. The molecule has 1 atom stereocenters. The Morgan fingerprint density at radius 3 is 2.71 bits per heavy atom. The maximum atomic E-state index is 14.0. The van der Waals surface area contributed by atoms with Crippen molar-refractivity contribution in [3.63, 3.8) is 0 Å². The van der Waals surface area contributed by atoms with Crippen LogP contribution in [0, 0.1) is 17.6 Å². The largest absolute Gasteiger partial charge is 0.396 e. The van der Waals surface area contributed by atoms with Gasteiger partial charge in [0.2, 0.25) is 0 Å². The van der Waals surface area contributed by atoms with Gasteiger partial charge in [0.05, 0.1) is 12.3 Å². The molecule has 1 aromatic rings. The second-order valence-electron chi connectivity index (χ2n) is 5.39. The third-order valence-electron chi connectivity index (χ3n) is 3.93. The summed E-state index contributed by atoms with van der Waals surface area (Å²) in [7, 11) is 1.52. The molecule has 1 aliphatic carbocycles. The van der Waals surface area contributed by atoms with E-state index in [1.807, 2.05) is 6.92 Å². The van der Waals surface area contributed by atoms with Crippen LogP contribution < -0.4 is 5.73 Å². The summed E-state index contributed by atoms with van der Waals surface area (Å²) in [5.74, 6) is -2.17. The standard InChI is InChI=1S/C15H20F2N2O2/c1-9(10-3-4-10)19(7-8-21-2)15(20)13-11(16)5-6-12(18)14(13)17/h5-6,9-10H,3-4,7-8,18H2,1-2H3. The van der Waals surface area contributed by atoms with Crippen LogP contribution >= 0.6 is 0 Å². The zero-order valence-corrected chi connectivity index (χ0v) is 12.2. The summed E-state index contributed by atoms with van der Waals surface area (Å²) in [6.07, 6.45) is 2.06. The summed E-state index contributed by atoms with van der Waals surface area (Å²) in [5.41, 5.74) is 4.62. The second kappa shape index (κ2) is 6.39. The maximum Gasteiger partial charge on any atom is 0.260 e. The van der Waals surface area contributed by atoms with Gasteiger partial charge in [-0.25, -0.2) is 8.78 Å². The molecule has 2 N–H and O–H groups in total. The summed E-state index contributed by atoms with van der Waals surface area (Å²) in [6.45, 7) is 2.50. The van der Waals surface area contributed by atoms with E-state index in [0.717, 1.165) is 25.0 Å². The predicted octanol–water partition coefficient (Wildman–Crippen LogP) is 2.43. The molecule has 0 saturated heterocycles. The number of hydrogen-bond donors (Lipinski definition) is 1. The molecule has 0 spiro atoms. The first kappa shape index (κ1) is 15.7. The van der Waals surface area contributed by atoms with Crippen molar-refractivity contribution >= 4 is 11.6 Å². The third-order valence-corrected chi connectivity index (χ3v) is 3.93. The summed E-state index contributed by atoms with van der Waals surface area (Å²) in [6, 6.07) is 2.06. The van der Waals surface area contributed by atoms with Crippen LogP contribution in [-0.2, 0) is 4.74 Å². The van der Waals surface area contributed by atoms with E-state index in [1.54, 1.807) is 0 Å². The lowest BCUT2D eigenvalue weighted by Crippen LogP contribution is -2.42. The third kappa shape index (κ3) is 3.32. The fraction of sp³-hybridized carbons (Fsp3) is 0.533. The molecule has 4 nitrogen and oxygen atoms in total. The van der Waals surface area contributed by atoms with E-state index >= 15 is 0 Å². The quantitative estimate of drug-likeness (QED) is 0.821. The van der Waals surface area contributed by atoms with Crippen molar-refractivity contribution in [1.82, 2.24) is 4.90 Å². The number of nitrogen functional groups attached to an aromatic ring is 1. The van der Waals surface area contributed by atoms with Gasteiger partial charge < -0.3 is 15.4 Å². The van der Waals surface area contributed by atoms with Gasteiger partial charge in [-0.2, -0.15) is 0 Å². The normalized spacial score (nSPS) is 15.8. The summed E-state index contributed by atoms with van der Waals surface area (Å²) >= 11 is 0. The zero-order valence-electron chi connectivity index (χ0n) is 12.2. The SMILES string of the molecule is COCCN(C(=O)c1c(F)ccc(N)c1F)C(C)C1CC1. The van der Waals surface area contributed by atoms with Gasteiger partial charge in [0.1, 0.15) is 11.4 Å². The minimum absolute atomic E-state index is 0.0760. The number of halogens is 2. The molecule has 116 valence electrons. The Hall–Kier alpha value is -1.69. The molecule has 0 bridgehead atoms. The highest BCUT2D eigenvalue weighted by Crippen LogP contribution is 2.36. The molecule has 1 aliphatic rings. The van der Waals surface area contributed by atoms with Crippen molar-refractivity contribution in [1.29, 1.82) is 0 Å². The Morgan fingerprint density at radius 2 is 2.14 bits per heavy atom. The van der Waals surface area contributed by atoms with Crippen LogP contribution in [0.1, 0.15) is 30.1 Å². The van der Waals surface area contributed by atoms with Crippen molar-refractivity contribution in [3.8, 4) is 0 Å². The average Bonchev–Trinajstić information content (AvgIpc) is 3.28. The Labute approximate surface area is 122 Å². The van der Waals surface area contributed by atoms with Crippen LogP contribution in [0.3, 0.4) is 0 Å². The van der Waals surface area contributed by atoms with Gasteiger partial charge in [-0.1, -0.05) is 0 Å². The number of carbonyl (C=O) groups is 1. The molecule has 1 amide bonds. The summed E-state index contributed by atoms with van der Waals surface area (Å²) < 4.78 is 32.9. The molecule has 0 aliphatic heterocycles. The summed E-state index contributed by atoms with van der Waals surface area (Å²) in [4.78, 5) is 14.0. The monoisotopic (exact) mass is 298 g/mol. The van der Waals surface area contributed by atoms with Crippen LogP contribution in [0.15, 0.2) is 12.1 Å². The Morgan fingerprint density at radius 1 is 1.48 bits per heavy atom. The fourth-order valence-corrected chi connectivity index (χ4v) is 2.42. The van der Waals surface area contributed by atoms with Crippen molar-refractivity contribution in [3.05, 3.63) is 29.3 Å². The van der Waals surface area contributed by atoms with E-state index in [4.69, 9.17) is 10.5 Å². The highest BCUT2D eigenvalue weighted by molar-refractivity contribution is 5.96. The minimum Gasteiger partial charge on any atom is -0.396 e. The van der Waals surface area contributed by atoms with Crippen LogP contribution in [-0.4, -0.2) is 37.1 Å². The molecule has 6 heteroatoms. The lowest BCUT2D eigenvalue weighted by Gasteiger charge is -2.29. The van der Waals surface area contributed by atoms with Gasteiger partial charge in [0.25, 0.3) is 5.91 Å². The topological polar surface area (TPSA) is 55.6 Å². The van der Waals surface area contributed by atoms with E-state index in [-0.39, 0.29) is 11.7 Å². The first-order valence-corrected chi connectivity index (χ1v) is 7.00. The van der Waals surface area contributed by atoms with Gasteiger partial charge >= 0.3 is 0 Å². The van der Waals surface area contributed by atoms with Gasteiger partial charge in [-0.15, -0.1) is 0 Å². The van der Waals surface area contributed by atoms with Gasteiger partial charge in [-0.05, 0) is 37.8 Å². The van der Waals surface area contributed by atoms with Gasteiger partial charge in [0, 0.05) is 19.7 Å². The van der Waals surface area contributed by atoms with Crippen molar-refractivity contribution < 1.29 is 18.3 Å². The lowest BCUT2D eigenvalue weighted by atomic mass is 10.1. The van der Waals surface area contributed by atoms with Crippen molar-refractivity contribution in [2.24, 2.45) is 5.92 Å². The van der Waals surface area contributed by atoms with Gasteiger partial charge in [-0.3, -0.25) is 4.79 Å². The molecular formula is C15H20F2N2O2. The molecule has 1 saturated carbocycles. The Balaban J connectivity index is 2.31. The van der Waals surface area contributed by atoms with E-state index < -0.39 is 23.1 Å². The van der Waals surface area contributed by atoms with E-state index in [0.29, 0.717) is 19.1 Å². The lowest BCUT2D eigenvalue weighted by molar-refractivity contribution is 0.0585. The van der Waals surface area contributed by atoms with Crippen LogP contribution in [0.25, 0.3) is 0 Å². The Bertz CT molecular complexity index is 533. The van der Waals surface area contributed by atoms with E-state index in [9.17, 15) is 13.6 Å². The molecule has 1 unspecified atom stereocenters. The number of amides is 1. The number of rotatable bonds is 6. The van der Waals surface area contributed by atoms with E-state index in [1.165, 1.54) is 12.0 Å². The van der Waals surface area contributed by atoms with E-state index in [2.05, 4.69) is 0 Å².